The number of carbonyl (C=O) groups is 1. The average Bonchev–Trinajstić information content (AvgIpc) is 2.17. The second-order valence-corrected chi connectivity index (χ2v) is 2.56. The van der Waals surface area contributed by atoms with Gasteiger partial charge in [-0.25, -0.2) is 0 Å². The van der Waals surface area contributed by atoms with Gasteiger partial charge >= 0.3 is 0 Å². The van der Waals surface area contributed by atoms with Crippen molar-refractivity contribution in [3.63, 3.8) is 0 Å². The lowest BCUT2D eigenvalue weighted by molar-refractivity contribution is -0.105. The van der Waals surface area contributed by atoms with Gasteiger partial charge in [0.1, 0.15) is 5.76 Å². The van der Waals surface area contributed by atoms with Gasteiger partial charge in [0.2, 0.25) is 0 Å². The van der Waals surface area contributed by atoms with Gasteiger partial charge in [0.25, 0.3) is 0 Å². The van der Waals surface area contributed by atoms with Crippen LogP contribution in [0.4, 0.5) is 0 Å². The predicted octanol–water partition coefficient (Wildman–Crippen LogP) is 0.984. The van der Waals surface area contributed by atoms with Crippen molar-refractivity contribution < 1.29 is 15.0 Å². The Kier molecular flexibility index (Phi) is 4.69. The van der Waals surface area contributed by atoms with Crippen LogP contribution in [0, 0.1) is 0 Å². The Morgan fingerprint density at radius 1 is 1.54 bits per heavy atom. The first-order valence-corrected chi connectivity index (χ1v) is 3.71. The molecule has 0 fully saturated rings. The molecule has 0 spiro atoms. The molecular formula is C9H13NO3. The standard InChI is InChI=1S/C9H13NO3/c1-6(4-11)8(5-12)9(13)7(2)10-3/h5,11,13H,3-4H2,1-2H3/b8-6+,9-7+. The smallest absolute Gasteiger partial charge is 0.153 e. The fraction of sp³-hybridized carbons (Fsp3) is 0.333. The second-order valence-electron chi connectivity index (χ2n) is 2.56. The first-order chi connectivity index (χ1) is 6.08. The number of hydrogen-bond acceptors (Lipinski definition) is 4. The fourth-order valence-corrected chi connectivity index (χ4v) is 0.713. The van der Waals surface area contributed by atoms with Crippen molar-refractivity contribution in [2.45, 2.75) is 13.8 Å². The summed E-state index contributed by atoms with van der Waals surface area (Å²) in [6.07, 6.45) is 0.482. The predicted molar refractivity (Wildman–Crippen MR) is 50.7 cm³/mol. The van der Waals surface area contributed by atoms with E-state index in [0.29, 0.717) is 11.9 Å². The number of rotatable bonds is 4. The minimum atomic E-state index is -0.275. The van der Waals surface area contributed by atoms with Crippen LogP contribution >= 0.6 is 0 Å². The summed E-state index contributed by atoms with van der Waals surface area (Å²) in [5.74, 6) is -0.239. The van der Waals surface area contributed by atoms with Crippen molar-refractivity contribution in [2.75, 3.05) is 6.61 Å². The molecule has 0 atom stereocenters. The lowest BCUT2D eigenvalue weighted by atomic mass is 10.1. The SMILES string of the molecule is C=N/C(C)=C(O)\C(C=O)=C(/C)CO. The number of carbonyl (C=O) groups excluding carboxylic acids is 1. The second kappa shape index (κ2) is 5.27. The number of nitrogens with zero attached hydrogens (tertiary/aromatic N) is 1. The highest BCUT2D eigenvalue weighted by atomic mass is 16.3. The number of aliphatic imine (C=N–C) groups is 1. The van der Waals surface area contributed by atoms with Crippen LogP contribution in [-0.2, 0) is 4.79 Å². The van der Waals surface area contributed by atoms with Crippen molar-refractivity contribution in [1.29, 1.82) is 0 Å². The molecule has 0 aliphatic carbocycles. The zero-order chi connectivity index (χ0) is 10.4. The maximum atomic E-state index is 10.5. The van der Waals surface area contributed by atoms with Crippen molar-refractivity contribution >= 4 is 13.0 Å². The summed E-state index contributed by atoms with van der Waals surface area (Å²) in [6, 6.07) is 0. The first-order valence-electron chi connectivity index (χ1n) is 3.71. The quantitative estimate of drug-likeness (QED) is 0.224. The molecular weight excluding hydrogens is 170 g/mol. The third kappa shape index (κ3) is 2.83. The van der Waals surface area contributed by atoms with Gasteiger partial charge in [0.05, 0.1) is 17.9 Å². The molecule has 0 aliphatic rings. The van der Waals surface area contributed by atoms with Crippen LogP contribution < -0.4 is 0 Å². The van der Waals surface area contributed by atoms with E-state index in [-0.39, 0.29) is 23.6 Å². The molecule has 72 valence electrons. The molecule has 0 saturated heterocycles. The summed E-state index contributed by atoms with van der Waals surface area (Å²) in [5.41, 5.74) is 0.720. The van der Waals surface area contributed by atoms with E-state index in [2.05, 4.69) is 11.7 Å². The monoisotopic (exact) mass is 183 g/mol. The molecule has 0 rings (SSSR count). The minimum Gasteiger partial charge on any atom is -0.505 e. The van der Waals surface area contributed by atoms with Gasteiger partial charge in [-0.15, -0.1) is 0 Å². The molecule has 0 aromatic rings. The molecule has 0 aromatic heterocycles. The van der Waals surface area contributed by atoms with Gasteiger partial charge in [-0.2, -0.15) is 0 Å². The zero-order valence-corrected chi connectivity index (χ0v) is 7.74. The number of aliphatic hydroxyl groups is 2. The molecule has 0 radical (unpaired) electrons. The summed E-state index contributed by atoms with van der Waals surface area (Å²) in [6.45, 7) is 6.02. The van der Waals surface area contributed by atoms with Gasteiger partial charge in [-0.05, 0) is 26.1 Å². The average molecular weight is 183 g/mol. The van der Waals surface area contributed by atoms with E-state index in [9.17, 15) is 9.90 Å². The maximum Gasteiger partial charge on any atom is 0.153 e. The van der Waals surface area contributed by atoms with Gasteiger partial charge in [0, 0.05) is 0 Å². The molecule has 0 saturated carbocycles. The summed E-state index contributed by atoms with van der Waals surface area (Å²) in [7, 11) is 0. The van der Waals surface area contributed by atoms with Crippen LogP contribution in [0.25, 0.3) is 0 Å². The number of aldehydes is 1. The van der Waals surface area contributed by atoms with E-state index in [1.165, 1.54) is 6.92 Å². The summed E-state index contributed by atoms with van der Waals surface area (Å²) in [5, 5.41) is 18.2. The van der Waals surface area contributed by atoms with Crippen molar-refractivity contribution in [1.82, 2.24) is 0 Å². The van der Waals surface area contributed by atoms with Crippen molar-refractivity contribution in [3.8, 4) is 0 Å². The third-order valence-corrected chi connectivity index (χ3v) is 1.65. The summed E-state index contributed by atoms with van der Waals surface area (Å²) in [4.78, 5) is 14.0. The Balaban J connectivity index is 5.24. The number of hydrogen-bond donors (Lipinski definition) is 2. The number of allylic oxidation sites excluding steroid dienone is 2. The molecule has 0 unspecified atom stereocenters. The highest BCUT2D eigenvalue weighted by molar-refractivity contribution is 5.80. The Hall–Kier alpha value is -1.42. The maximum absolute atomic E-state index is 10.5. The Bertz CT molecular complexity index is 277. The molecule has 0 bridgehead atoms. The molecule has 0 aromatic carbocycles. The van der Waals surface area contributed by atoms with Crippen LogP contribution in [0.5, 0.6) is 0 Å². The van der Waals surface area contributed by atoms with Crippen LogP contribution in [0.1, 0.15) is 13.8 Å². The molecule has 0 amide bonds. The van der Waals surface area contributed by atoms with E-state index in [4.69, 9.17) is 5.11 Å². The Labute approximate surface area is 76.9 Å². The van der Waals surface area contributed by atoms with Gasteiger partial charge in [-0.1, -0.05) is 0 Å². The molecule has 13 heavy (non-hydrogen) atoms. The van der Waals surface area contributed by atoms with E-state index < -0.39 is 0 Å². The Morgan fingerprint density at radius 3 is 2.38 bits per heavy atom. The van der Waals surface area contributed by atoms with Crippen LogP contribution in [-0.4, -0.2) is 29.8 Å². The zero-order valence-electron chi connectivity index (χ0n) is 7.74. The van der Waals surface area contributed by atoms with Gasteiger partial charge < -0.3 is 10.2 Å². The summed E-state index contributed by atoms with van der Waals surface area (Å²) < 4.78 is 0. The number of aliphatic hydroxyl groups excluding tert-OH is 2. The van der Waals surface area contributed by atoms with E-state index in [1.807, 2.05) is 0 Å². The Morgan fingerprint density at radius 2 is 2.08 bits per heavy atom. The molecule has 4 nitrogen and oxygen atoms in total. The van der Waals surface area contributed by atoms with Crippen molar-refractivity contribution in [3.05, 3.63) is 22.6 Å². The molecule has 2 N–H and O–H groups in total. The lowest BCUT2D eigenvalue weighted by Gasteiger charge is -2.04. The van der Waals surface area contributed by atoms with E-state index in [0.717, 1.165) is 0 Å². The minimum absolute atomic E-state index is 0.0624. The van der Waals surface area contributed by atoms with Crippen LogP contribution in [0.2, 0.25) is 0 Å². The normalized spacial score (nSPS) is 14.4. The van der Waals surface area contributed by atoms with Gasteiger partial charge in [0.15, 0.2) is 6.29 Å². The first kappa shape index (κ1) is 11.6. The molecule has 0 heterocycles. The van der Waals surface area contributed by atoms with Gasteiger partial charge in [-0.3, -0.25) is 9.79 Å². The van der Waals surface area contributed by atoms with E-state index >= 15 is 0 Å². The fourth-order valence-electron chi connectivity index (χ4n) is 0.713. The molecule has 4 heteroatoms. The van der Waals surface area contributed by atoms with Crippen molar-refractivity contribution in [2.24, 2.45) is 4.99 Å². The highest BCUT2D eigenvalue weighted by Gasteiger charge is 2.08. The van der Waals surface area contributed by atoms with E-state index in [1.54, 1.807) is 6.92 Å². The highest BCUT2D eigenvalue weighted by Crippen LogP contribution is 2.14. The molecule has 0 aliphatic heterocycles. The van der Waals surface area contributed by atoms with Crippen LogP contribution in [0.3, 0.4) is 0 Å². The summed E-state index contributed by atoms with van der Waals surface area (Å²) >= 11 is 0. The topological polar surface area (TPSA) is 69.9 Å². The largest absolute Gasteiger partial charge is 0.505 e. The van der Waals surface area contributed by atoms with Crippen LogP contribution in [0.15, 0.2) is 27.6 Å². The third-order valence-electron chi connectivity index (χ3n) is 1.65. The lowest BCUT2D eigenvalue weighted by Crippen LogP contribution is -2.00.